The number of anilines is 1. The van der Waals surface area contributed by atoms with Gasteiger partial charge in [-0.2, -0.15) is 18.4 Å². The van der Waals surface area contributed by atoms with E-state index in [1.165, 1.54) is 25.3 Å². The van der Waals surface area contributed by atoms with Crippen LogP contribution >= 0.6 is 11.6 Å². The van der Waals surface area contributed by atoms with Crippen molar-refractivity contribution >= 4 is 29.2 Å². The molecule has 1 aliphatic rings. The number of aliphatic imine (C=N–C) groups is 1. The van der Waals surface area contributed by atoms with Gasteiger partial charge in [0.05, 0.1) is 16.1 Å². The molecular weight excluding hydrogens is 442 g/mol. The zero-order chi connectivity index (χ0) is 23.0. The number of ether oxygens (including phenoxy) is 1. The molecule has 0 radical (unpaired) electrons. The van der Waals surface area contributed by atoms with E-state index in [9.17, 15) is 22.4 Å². The van der Waals surface area contributed by atoms with E-state index >= 15 is 0 Å². The van der Waals surface area contributed by atoms with Gasteiger partial charge in [0.15, 0.2) is 6.10 Å². The van der Waals surface area contributed by atoms with Gasteiger partial charge in [-0.3, -0.25) is 4.79 Å². The monoisotopic (exact) mass is 455 g/mol. The molecule has 0 aliphatic carbocycles. The first-order chi connectivity index (χ1) is 14.4. The number of rotatable bonds is 3. The molecule has 0 fully saturated rings. The van der Waals surface area contributed by atoms with Crippen LogP contribution < -0.4 is 11.1 Å². The topological polar surface area (TPSA) is 113 Å². The Morgan fingerprint density at radius 1 is 1.42 bits per heavy atom. The van der Waals surface area contributed by atoms with Gasteiger partial charge in [0.2, 0.25) is 0 Å². The third-order valence-corrected chi connectivity index (χ3v) is 4.83. The Morgan fingerprint density at radius 3 is 2.71 bits per heavy atom. The number of carbonyl (C=O) groups excluding carboxylic acids is 1. The molecule has 2 aromatic rings. The highest BCUT2D eigenvalue weighted by atomic mass is 35.5. The number of benzene rings is 1. The number of nitrogens with zero attached hydrogens (tertiary/aromatic N) is 3. The summed E-state index contributed by atoms with van der Waals surface area (Å²) in [5.74, 6) is -1.70. The fourth-order valence-electron chi connectivity index (χ4n) is 3.06. The second kappa shape index (κ2) is 8.03. The number of halogens is 5. The molecule has 1 aromatic heterocycles. The summed E-state index contributed by atoms with van der Waals surface area (Å²) in [7, 11) is 0. The number of nitrogens with two attached hydrogens (primary N) is 1. The lowest BCUT2D eigenvalue weighted by atomic mass is 9.85. The number of pyridine rings is 1. The lowest BCUT2D eigenvalue weighted by Gasteiger charge is -2.36. The molecule has 1 amide bonds. The van der Waals surface area contributed by atoms with E-state index in [1.807, 2.05) is 6.07 Å². The summed E-state index contributed by atoms with van der Waals surface area (Å²) in [6.45, 7) is 1.25. The Morgan fingerprint density at radius 2 is 2.13 bits per heavy atom. The molecule has 2 heterocycles. The maximum atomic E-state index is 14.8. The van der Waals surface area contributed by atoms with Crippen molar-refractivity contribution in [3.63, 3.8) is 0 Å². The Bertz CT molecular complexity index is 1100. The summed E-state index contributed by atoms with van der Waals surface area (Å²) in [5.41, 5.74) is 3.55. The largest absolute Gasteiger partial charge is 0.452 e. The summed E-state index contributed by atoms with van der Waals surface area (Å²) >= 11 is 5.92. The van der Waals surface area contributed by atoms with Crippen LogP contribution in [0.5, 0.6) is 0 Å². The van der Waals surface area contributed by atoms with Crippen molar-refractivity contribution in [2.24, 2.45) is 10.7 Å². The lowest BCUT2D eigenvalue weighted by Crippen LogP contribution is -2.46. The van der Waals surface area contributed by atoms with E-state index in [0.29, 0.717) is 0 Å². The van der Waals surface area contributed by atoms with Crippen molar-refractivity contribution in [2.75, 3.05) is 5.32 Å². The number of amides is 1. The van der Waals surface area contributed by atoms with Crippen LogP contribution in [0.4, 0.5) is 23.2 Å². The van der Waals surface area contributed by atoms with Gasteiger partial charge in [-0.05, 0) is 31.2 Å². The fourth-order valence-corrected chi connectivity index (χ4v) is 3.28. The van der Waals surface area contributed by atoms with Gasteiger partial charge in [0, 0.05) is 23.9 Å². The number of aromatic nitrogens is 1. The molecule has 7 nitrogen and oxygen atoms in total. The molecule has 1 aliphatic heterocycles. The minimum atomic E-state index is -4.75. The van der Waals surface area contributed by atoms with Crippen molar-refractivity contribution in [3.05, 3.63) is 58.1 Å². The highest BCUT2D eigenvalue weighted by Gasteiger charge is 2.50. The lowest BCUT2D eigenvalue weighted by molar-refractivity contribution is -0.208. The third-order valence-electron chi connectivity index (χ3n) is 4.56. The Kier molecular flexibility index (Phi) is 5.78. The van der Waals surface area contributed by atoms with E-state index in [2.05, 4.69) is 20.0 Å². The predicted octanol–water partition coefficient (Wildman–Crippen LogP) is 3.88. The van der Waals surface area contributed by atoms with Crippen LogP contribution in [0.2, 0.25) is 5.02 Å². The SMILES string of the molecule is C[C@@]1(c2cc(NC(=O)c3ccc(C#N)cn3)cc(Cl)c2F)C[C@@H](C(F)(F)F)OC(N)=N1. The zero-order valence-corrected chi connectivity index (χ0v) is 16.6. The van der Waals surface area contributed by atoms with E-state index < -0.39 is 47.0 Å². The Labute approximate surface area is 178 Å². The highest BCUT2D eigenvalue weighted by molar-refractivity contribution is 6.31. The summed E-state index contributed by atoms with van der Waals surface area (Å²) < 4.78 is 59.0. The summed E-state index contributed by atoms with van der Waals surface area (Å²) in [6.07, 6.45) is -6.61. The van der Waals surface area contributed by atoms with E-state index in [1.54, 1.807) is 0 Å². The summed E-state index contributed by atoms with van der Waals surface area (Å²) in [5, 5.41) is 10.8. The van der Waals surface area contributed by atoms with E-state index in [4.69, 9.17) is 22.6 Å². The van der Waals surface area contributed by atoms with E-state index in [-0.39, 0.29) is 22.5 Å². The van der Waals surface area contributed by atoms with Gasteiger partial charge >= 0.3 is 6.18 Å². The molecular formula is C19H14ClF4N5O2. The molecule has 31 heavy (non-hydrogen) atoms. The maximum Gasteiger partial charge on any atom is 0.425 e. The Balaban J connectivity index is 1.96. The molecule has 0 unspecified atom stereocenters. The average Bonchev–Trinajstić information content (AvgIpc) is 2.69. The molecule has 2 atom stereocenters. The molecule has 0 spiro atoms. The Hall–Kier alpha value is -3.39. The normalized spacial score (nSPS) is 20.9. The van der Waals surface area contributed by atoms with Crippen molar-refractivity contribution in [1.82, 2.24) is 4.98 Å². The molecule has 0 bridgehead atoms. The van der Waals surface area contributed by atoms with Crippen molar-refractivity contribution in [3.8, 4) is 6.07 Å². The molecule has 3 N–H and O–H groups in total. The number of hydrogen-bond donors (Lipinski definition) is 2. The van der Waals surface area contributed by atoms with Crippen LogP contribution in [-0.2, 0) is 10.3 Å². The molecule has 1 aromatic carbocycles. The number of carbonyl (C=O) groups is 1. The summed E-state index contributed by atoms with van der Waals surface area (Å²) in [6, 6.07) is 6.01. The average molecular weight is 456 g/mol. The van der Waals surface area contributed by atoms with Gasteiger partial charge in [-0.15, -0.1) is 0 Å². The van der Waals surface area contributed by atoms with Crippen molar-refractivity contribution in [1.29, 1.82) is 5.26 Å². The molecule has 3 rings (SSSR count). The van der Waals surface area contributed by atoms with Gasteiger partial charge < -0.3 is 15.8 Å². The van der Waals surface area contributed by atoms with Gasteiger partial charge in [0.1, 0.15) is 17.6 Å². The molecule has 0 saturated heterocycles. The number of nitrogens with one attached hydrogen (secondary N) is 1. The highest BCUT2D eigenvalue weighted by Crippen LogP contribution is 2.42. The minimum absolute atomic E-state index is 0.00241. The van der Waals surface area contributed by atoms with Crippen molar-refractivity contribution in [2.45, 2.75) is 31.2 Å². The maximum absolute atomic E-state index is 14.8. The van der Waals surface area contributed by atoms with Crippen LogP contribution in [0.3, 0.4) is 0 Å². The minimum Gasteiger partial charge on any atom is -0.452 e. The van der Waals surface area contributed by atoms with Gasteiger partial charge in [-0.1, -0.05) is 11.6 Å². The predicted molar refractivity (Wildman–Crippen MR) is 103 cm³/mol. The van der Waals surface area contributed by atoms with Crippen LogP contribution in [0, 0.1) is 17.1 Å². The van der Waals surface area contributed by atoms with Gasteiger partial charge in [-0.25, -0.2) is 14.4 Å². The van der Waals surface area contributed by atoms with Gasteiger partial charge in [0.25, 0.3) is 11.9 Å². The van der Waals surface area contributed by atoms with E-state index in [0.717, 1.165) is 12.1 Å². The first-order valence-corrected chi connectivity index (χ1v) is 9.06. The van der Waals surface area contributed by atoms with Crippen LogP contribution in [-0.4, -0.2) is 29.2 Å². The molecule has 162 valence electrons. The third kappa shape index (κ3) is 4.69. The second-order valence-corrected chi connectivity index (χ2v) is 7.30. The van der Waals surface area contributed by atoms with Crippen LogP contribution in [0.15, 0.2) is 35.5 Å². The smallest absolute Gasteiger partial charge is 0.425 e. The fraction of sp³-hybridized carbons (Fsp3) is 0.263. The zero-order valence-electron chi connectivity index (χ0n) is 15.8. The van der Waals surface area contributed by atoms with Crippen LogP contribution in [0.25, 0.3) is 0 Å². The number of nitriles is 1. The first-order valence-electron chi connectivity index (χ1n) is 8.68. The molecule has 0 saturated carbocycles. The second-order valence-electron chi connectivity index (χ2n) is 6.89. The van der Waals surface area contributed by atoms with Crippen molar-refractivity contribution < 1.29 is 27.1 Å². The quantitative estimate of drug-likeness (QED) is 0.682. The standard InChI is InChI=1S/C19H14ClF4N5O2/c1-18(6-14(19(22,23)24)31-17(26)29-18)11-4-10(5-12(20)15(11)21)28-16(30)13-3-2-9(7-25)8-27-13/h2-5,8,14H,6H2,1H3,(H2,26,29)(H,28,30)/t14-,18-/m0/s1. The number of amidine groups is 1. The molecule has 12 heteroatoms. The first kappa shape index (κ1) is 22.3. The summed E-state index contributed by atoms with van der Waals surface area (Å²) in [4.78, 5) is 20.1. The number of hydrogen-bond acceptors (Lipinski definition) is 6. The van der Waals surface area contributed by atoms with Crippen LogP contribution in [0.1, 0.15) is 35.0 Å². The number of alkyl halides is 3.